The van der Waals surface area contributed by atoms with Gasteiger partial charge in [0.2, 0.25) is 0 Å². The molecule has 0 aliphatic heterocycles. The first-order valence-corrected chi connectivity index (χ1v) is 5.77. The number of thioether (sulfide) groups is 1. The second-order valence-corrected chi connectivity index (χ2v) is 4.45. The molecule has 2 N–H and O–H groups in total. The summed E-state index contributed by atoms with van der Waals surface area (Å²) < 4.78 is 0. The third-order valence-corrected chi connectivity index (χ3v) is 3.32. The Morgan fingerprint density at radius 1 is 1.50 bits per heavy atom. The summed E-state index contributed by atoms with van der Waals surface area (Å²) in [6, 6.07) is 6.13. The van der Waals surface area contributed by atoms with E-state index in [0.717, 1.165) is 17.9 Å². The Morgan fingerprint density at radius 2 is 2.21 bits per heavy atom. The highest BCUT2D eigenvalue weighted by Crippen LogP contribution is 2.27. The van der Waals surface area contributed by atoms with Gasteiger partial charge in [0, 0.05) is 16.3 Å². The Labute approximate surface area is 90.4 Å². The van der Waals surface area contributed by atoms with Crippen LogP contribution in [0.25, 0.3) is 0 Å². The van der Waals surface area contributed by atoms with Crippen LogP contribution in [0, 0.1) is 6.92 Å². The Kier molecular flexibility index (Phi) is 4.08. The molecule has 76 valence electrons. The molecule has 1 nitrogen and oxygen atoms in total. The Morgan fingerprint density at radius 3 is 2.86 bits per heavy atom. The van der Waals surface area contributed by atoms with Crippen LogP contribution in [0.5, 0.6) is 0 Å². The molecule has 0 fully saturated rings. The number of hydrogen-bond donors (Lipinski definition) is 1. The molecule has 0 saturated heterocycles. The van der Waals surface area contributed by atoms with Crippen LogP contribution in [0.1, 0.15) is 18.9 Å². The van der Waals surface area contributed by atoms with Gasteiger partial charge >= 0.3 is 0 Å². The minimum atomic E-state index is 0.865. The normalized spacial score (nSPS) is 10.1. The largest absolute Gasteiger partial charge is 0.398 e. The fraction of sp³-hybridized carbons (Fsp3) is 0.333. The summed E-state index contributed by atoms with van der Waals surface area (Å²) in [5, 5.41) is 0. The van der Waals surface area contributed by atoms with E-state index in [1.807, 2.05) is 12.1 Å². The van der Waals surface area contributed by atoms with Crippen LogP contribution in [0.4, 0.5) is 5.69 Å². The zero-order valence-electron chi connectivity index (χ0n) is 8.84. The summed E-state index contributed by atoms with van der Waals surface area (Å²) in [5.74, 6) is 0.962. The van der Waals surface area contributed by atoms with Gasteiger partial charge in [-0.2, -0.15) is 0 Å². The van der Waals surface area contributed by atoms with Gasteiger partial charge in [-0.15, -0.1) is 11.8 Å². The molecule has 2 heteroatoms. The Hall–Kier alpha value is -0.890. The average molecular weight is 207 g/mol. The van der Waals surface area contributed by atoms with Crippen molar-refractivity contribution >= 4 is 17.4 Å². The van der Waals surface area contributed by atoms with Gasteiger partial charge in [-0.25, -0.2) is 0 Å². The quantitative estimate of drug-likeness (QED) is 0.463. The molecule has 0 aromatic heterocycles. The van der Waals surface area contributed by atoms with E-state index in [9.17, 15) is 0 Å². The molecule has 0 unspecified atom stereocenters. The monoisotopic (exact) mass is 207 g/mol. The van der Waals surface area contributed by atoms with Crippen LogP contribution in [-0.4, -0.2) is 5.75 Å². The smallest absolute Gasteiger partial charge is 0.0452 e. The van der Waals surface area contributed by atoms with E-state index in [1.54, 1.807) is 11.8 Å². The molecule has 0 heterocycles. The van der Waals surface area contributed by atoms with Crippen molar-refractivity contribution < 1.29 is 0 Å². The topological polar surface area (TPSA) is 26.0 Å². The molecule has 0 radical (unpaired) electrons. The lowest BCUT2D eigenvalue weighted by Gasteiger charge is -2.07. The standard InChI is InChI=1S/C12H17NS/c1-4-9(2)8-14-12-7-10(3)5-6-11(12)13/h5-7H,2,4,8,13H2,1,3H3. The van der Waals surface area contributed by atoms with Crippen molar-refractivity contribution in [1.29, 1.82) is 0 Å². The molecule has 0 saturated carbocycles. The zero-order chi connectivity index (χ0) is 10.6. The second-order valence-electron chi connectivity index (χ2n) is 3.43. The lowest BCUT2D eigenvalue weighted by atomic mass is 10.2. The first kappa shape index (κ1) is 11.2. The second kappa shape index (κ2) is 5.11. The van der Waals surface area contributed by atoms with Crippen molar-refractivity contribution in [2.45, 2.75) is 25.2 Å². The van der Waals surface area contributed by atoms with Crippen LogP contribution in [0.2, 0.25) is 0 Å². The van der Waals surface area contributed by atoms with Crippen molar-refractivity contribution in [3.05, 3.63) is 35.9 Å². The van der Waals surface area contributed by atoms with Crippen LogP contribution >= 0.6 is 11.8 Å². The van der Waals surface area contributed by atoms with Crippen LogP contribution < -0.4 is 5.73 Å². The lowest BCUT2D eigenvalue weighted by molar-refractivity contribution is 1.12. The van der Waals surface area contributed by atoms with Gasteiger partial charge < -0.3 is 5.73 Å². The van der Waals surface area contributed by atoms with Crippen molar-refractivity contribution in [1.82, 2.24) is 0 Å². The molecule has 1 rings (SSSR count). The fourth-order valence-electron chi connectivity index (χ4n) is 1.05. The molecular formula is C12H17NS. The van der Waals surface area contributed by atoms with Gasteiger partial charge in [0.05, 0.1) is 0 Å². The van der Waals surface area contributed by atoms with Crippen LogP contribution in [0.15, 0.2) is 35.2 Å². The maximum Gasteiger partial charge on any atom is 0.0452 e. The first-order valence-electron chi connectivity index (χ1n) is 4.79. The van der Waals surface area contributed by atoms with Gasteiger partial charge in [0.25, 0.3) is 0 Å². The predicted octanol–water partition coefficient (Wildman–Crippen LogP) is 3.64. The third-order valence-electron chi connectivity index (χ3n) is 2.10. The summed E-state index contributed by atoms with van der Waals surface area (Å²) in [5.41, 5.74) is 9.25. The summed E-state index contributed by atoms with van der Waals surface area (Å²) in [7, 11) is 0. The number of nitrogens with two attached hydrogens (primary N) is 1. The Bertz CT molecular complexity index is 331. The highest BCUT2D eigenvalue weighted by atomic mass is 32.2. The molecule has 1 aromatic rings. The molecule has 0 atom stereocenters. The molecule has 14 heavy (non-hydrogen) atoms. The zero-order valence-corrected chi connectivity index (χ0v) is 9.66. The average Bonchev–Trinajstić information content (AvgIpc) is 2.19. The van der Waals surface area contributed by atoms with E-state index in [0.29, 0.717) is 0 Å². The number of rotatable bonds is 4. The highest BCUT2D eigenvalue weighted by molar-refractivity contribution is 7.99. The van der Waals surface area contributed by atoms with Crippen LogP contribution in [0.3, 0.4) is 0 Å². The summed E-state index contributed by atoms with van der Waals surface area (Å²) in [4.78, 5) is 1.17. The summed E-state index contributed by atoms with van der Waals surface area (Å²) in [6.45, 7) is 8.19. The third kappa shape index (κ3) is 3.11. The minimum absolute atomic E-state index is 0.865. The van der Waals surface area contributed by atoms with Gasteiger partial charge in [0.15, 0.2) is 0 Å². The minimum Gasteiger partial charge on any atom is -0.398 e. The van der Waals surface area contributed by atoms with E-state index < -0.39 is 0 Å². The first-order chi connectivity index (χ1) is 6.63. The molecule has 0 aliphatic rings. The van der Waals surface area contributed by atoms with E-state index >= 15 is 0 Å². The summed E-state index contributed by atoms with van der Waals surface area (Å²) >= 11 is 1.77. The number of benzene rings is 1. The number of nitrogen functional groups attached to an aromatic ring is 1. The van der Waals surface area contributed by atoms with Gasteiger partial charge in [-0.3, -0.25) is 0 Å². The lowest BCUT2D eigenvalue weighted by Crippen LogP contribution is -1.91. The van der Waals surface area contributed by atoms with Crippen molar-refractivity contribution in [3.63, 3.8) is 0 Å². The fourth-order valence-corrected chi connectivity index (χ4v) is 2.12. The van der Waals surface area contributed by atoms with Crippen LogP contribution in [-0.2, 0) is 0 Å². The molecule has 0 spiro atoms. The van der Waals surface area contributed by atoms with Crippen molar-refractivity contribution in [3.8, 4) is 0 Å². The molecule has 1 aromatic carbocycles. The van der Waals surface area contributed by atoms with Crippen molar-refractivity contribution in [2.75, 3.05) is 11.5 Å². The predicted molar refractivity (Wildman–Crippen MR) is 65.7 cm³/mol. The van der Waals surface area contributed by atoms with E-state index in [-0.39, 0.29) is 0 Å². The number of hydrogen-bond acceptors (Lipinski definition) is 2. The molecule has 0 bridgehead atoms. The van der Waals surface area contributed by atoms with E-state index in [1.165, 1.54) is 16.0 Å². The maximum atomic E-state index is 5.87. The Balaban J connectivity index is 2.66. The maximum absolute atomic E-state index is 5.87. The van der Waals surface area contributed by atoms with Gasteiger partial charge in [-0.1, -0.05) is 25.1 Å². The van der Waals surface area contributed by atoms with E-state index in [4.69, 9.17) is 5.73 Å². The van der Waals surface area contributed by atoms with Gasteiger partial charge in [-0.05, 0) is 31.0 Å². The summed E-state index contributed by atoms with van der Waals surface area (Å²) in [6.07, 6.45) is 1.04. The number of aryl methyl sites for hydroxylation is 1. The molecule has 0 amide bonds. The van der Waals surface area contributed by atoms with E-state index in [2.05, 4.69) is 26.5 Å². The van der Waals surface area contributed by atoms with Crippen molar-refractivity contribution in [2.24, 2.45) is 0 Å². The molecule has 0 aliphatic carbocycles. The highest BCUT2D eigenvalue weighted by Gasteiger charge is 2.00. The molecular weight excluding hydrogens is 190 g/mol. The van der Waals surface area contributed by atoms with Gasteiger partial charge in [0.1, 0.15) is 0 Å². The SMILES string of the molecule is C=C(CC)CSc1cc(C)ccc1N. The number of anilines is 1.